The molecule has 0 amide bonds. The van der Waals surface area contributed by atoms with Crippen LogP contribution in [0.2, 0.25) is 10.0 Å². The summed E-state index contributed by atoms with van der Waals surface area (Å²) in [4.78, 5) is 0.598. The molecule has 0 radical (unpaired) electrons. The van der Waals surface area contributed by atoms with E-state index >= 15 is 0 Å². The number of aromatic nitrogens is 3. The van der Waals surface area contributed by atoms with Crippen LogP contribution in [0.5, 0.6) is 0 Å². The van der Waals surface area contributed by atoms with Crippen molar-refractivity contribution in [2.24, 2.45) is 7.05 Å². The van der Waals surface area contributed by atoms with Gasteiger partial charge >= 0.3 is 0 Å². The van der Waals surface area contributed by atoms with Gasteiger partial charge in [0.15, 0.2) is 5.16 Å². The van der Waals surface area contributed by atoms with Crippen molar-refractivity contribution < 1.29 is 8.42 Å². The number of para-hydroxylation sites is 1. The number of sulfonamides is 1. The summed E-state index contributed by atoms with van der Waals surface area (Å²) >= 11 is 13.3. The minimum Gasteiger partial charge on any atom is -0.311 e. The number of hydrogen-bond acceptors (Lipinski definition) is 5. The Kier molecular flexibility index (Phi) is 5.24. The lowest BCUT2D eigenvalue weighted by Gasteiger charge is -2.13. The molecule has 10 heteroatoms. The Morgan fingerprint density at radius 3 is 2.60 bits per heavy atom. The number of rotatable bonds is 5. The second-order valence-electron chi connectivity index (χ2n) is 4.98. The number of nitrogens with one attached hydrogen (secondary N) is 1. The van der Waals surface area contributed by atoms with E-state index < -0.39 is 10.0 Å². The summed E-state index contributed by atoms with van der Waals surface area (Å²) in [7, 11) is -2.09. The standard InChI is InChI=1S/C15H12Cl2N4O2S2/c1-21-9-18-19-15(21)24-12-7-3-2-6-11(12)20-25(22,23)13-8-4-5-10(16)14(13)17/h2-9,20H,1H3. The molecule has 0 unspecified atom stereocenters. The van der Waals surface area contributed by atoms with Crippen molar-refractivity contribution in [1.82, 2.24) is 14.8 Å². The maximum absolute atomic E-state index is 12.7. The van der Waals surface area contributed by atoms with Crippen molar-refractivity contribution in [1.29, 1.82) is 0 Å². The molecule has 0 saturated carbocycles. The van der Waals surface area contributed by atoms with Gasteiger partial charge in [0.2, 0.25) is 0 Å². The lowest BCUT2D eigenvalue weighted by atomic mass is 10.3. The summed E-state index contributed by atoms with van der Waals surface area (Å²) in [6.45, 7) is 0. The summed E-state index contributed by atoms with van der Waals surface area (Å²) in [5.74, 6) is 0. The molecule has 0 saturated heterocycles. The predicted octanol–water partition coefficient (Wildman–Crippen LogP) is 4.07. The molecular formula is C15H12Cl2N4O2S2. The Labute approximate surface area is 159 Å². The first-order chi connectivity index (χ1) is 11.9. The van der Waals surface area contributed by atoms with Crippen LogP contribution in [0.1, 0.15) is 0 Å². The normalized spacial score (nSPS) is 11.5. The molecule has 0 bridgehead atoms. The van der Waals surface area contributed by atoms with Gasteiger partial charge in [0, 0.05) is 11.9 Å². The molecule has 0 fully saturated rings. The third kappa shape index (κ3) is 3.92. The van der Waals surface area contributed by atoms with Crippen LogP contribution in [0.4, 0.5) is 5.69 Å². The summed E-state index contributed by atoms with van der Waals surface area (Å²) in [5, 5.41) is 8.59. The van der Waals surface area contributed by atoms with E-state index in [1.54, 1.807) is 36.1 Å². The van der Waals surface area contributed by atoms with Gasteiger partial charge in [-0.3, -0.25) is 4.72 Å². The monoisotopic (exact) mass is 414 g/mol. The van der Waals surface area contributed by atoms with Crippen LogP contribution in [0.15, 0.2) is 63.7 Å². The van der Waals surface area contributed by atoms with Gasteiger partial charge in [-0.2, -0.15) is 0 Å². The molecule has 1 heterocycles. The van der Waals surface area contributed by atoms with Gasteiger partial charge in [-0.15, -0.1) is 10.2 Å². The number of anilines is 1. The minimum absolute atomic E-state index is 0.0184. The SMILES string of the molecule is Cn1cnnc1Sc1ccccc1NS(=O)(=O)c1cccc(Cl)c1Cl. The summed E-state index contributed by atoms with van der Waals surface area (Å²) in [6, 6.07) is 11.4. The fourth-order valence-electron chi connectivity index (χ4n) is 1.99. The van der Waals surface area contributed by atoms with Gasteiger partial charge in [0.25, 0.3) is 10.0 Å². The van der Waals surface area contributed by atoms with E-state index in [0.717, 1.165) is 0 Å². The molecule has 3 rings (SSSR count). The highest BCUT2D eigenvalue weighted by atomic mass is 35.5. The lowest BCUT2D eigenvalue weighted by Crippen LogP contribution is -2.14. The highest BCUT2D eigenvalue weighted by molar-refractivity contribution is 7.99. The first-order valence-corrected chi connectivity index (χ1v) is 10.0. The van der Waals surface area contributed by atoms with Crippen molar-refractivity contribution >= 4 is 50.7 Å². The van der Waals surface area contributed by atoms with Crippen molar-refractivity contribution in [2.45, 2.75) is 14.9 Å². The maximum atomic E-state index is 12.7. The zero-order valence-electron chi connectivity index (χ0n) is 12.8. The van der Waals surface area contributed by atoms with Gasteiger partial charge in [-0.25, -0.2) is 8.42 Å². The highest BCUT2D eigenvalue weighted by Crippen LogP contribution is 2.35. The van der Waals surface area contributed by atoms with Crippen LogP contribution in [0.25, 0.3) is 0 Å². The zero-order chi connectivity index (χ0) is 18.0. The Morgan fingerprint density at radius 1 is 1.12 bits per heavy atom. The number of hydrogen-bond donors (Lipinski definition) is 1. The molecule has 2 aromatic carbocycles. The van der Waals surface area contributed by atoms with Gasteiger partial charge in [0.1, 0.15) is 11.2 Å². The Hall–Kier alpha value is -1.74. The first kappa shape index (κ1) is 18.1. The summed E-state index contributed by atoms with van der Waals surface area (Å²) in [6.07, 6.45) is 1.57. The van der Waals surface area contributed by atoms with Crippen LogP contribution in [0, 0.1) is 0 Å². The van der Waals surface area contributed by atoms with E-state index in [0.29, 0.717) is 15.7 Å². The minimum atomic E-state index is -3.90. The summed E-state index contributed by atoms with van der Waals surface area (Å²) < 4.78 is 29.7. The molecule has 6 nitrogen and oxygen atoms in total. The number of aryl methyl sites for hydroxylation is 1. The van der Waals surface area contributed by atoms with Gasteiger partial charge in [-0.05, 0) is 36.0 Å². The third-order valence-electron chi connectivity index (χ3n) is 3.21. The smallest absolute Gasteiger partial charge is 0.263 e. The molecule has 0 spiro atoms. The van der Waals surface area contributed by atoms with Gasteiger partial charge in [0.05, 0.1) is 15.7 Å². The highest BCUT2D eigenvalue weighted by Gasteiger charge is 2.21. The fraction of sp³-hybridized carbons (Fsp3) is 0.0667. The van der Waals surface area contributed by atoms with E-state index in [-0.39, 0.29) is 14.9 Å². The quantitative estimate of drug-likeness (QED) is 0.680. The van der Waals surface area contributed by atoms with Crippen LogP contribution in [0.3, 0.4) is 0 Å². The average Bonchev–Trinajstić information content (AvgIpc) is 2.96. The zero-order valence-corrected chi connectivity index (χ0v) is 16.0. The molecule has 130 valence electrons. The largest absolute Gasteiger partial charge is 0.311 e. The van der Waals surface area contributed by atoms with E-state index in [1.165, 1.54) is 30.0 Å². The van der Waals surface area contributed by atoms with Crippen LogP contribution in [-0.2, 0) is 17.1 Å². The number of benzene rings is 2. The van der Waals surface area contributed by atoms with Crippen LogP contribution in [-0.4, -0.2) is 23.2 Å². The molecule has 0 aliphatic carbocycles. The average molecular weight is 415 g/mol. The molecule has 1 N–H and O–H groups in total. The Balaban J connectivity index is 1.95. The molecule has 0 atom stereocenters. The van der Waals surface area contributed by atoms with Gasteiger partial charge in [-0.1, -0.05) is 41.4 Å². The third-order valence-corrected chi connectivity index (χ3v) is 6.68. The molecule has 0 aliphatic rings. The molecule has 3 aromatic rings. The van der Waals surface area contributed by atoms with Crippen molar-refractivity contribution in [3.8, 4) is 0 Å². The molecular weight excluding hydrogens is 403 g/mol. The van der Waals surface area contributed by atoms with Crippen LogP contribution >= 0.6 is 35.0 Å². The van der Waals surface area contributed by atoms with Crippen LogP contribution < -0.4 is 4.72 Å². The molecule has 25 heavy (non-hydrogen) atoms. The topological polar surface area (TPSA) is 76.9 Å². The van der Waals surface area contributed by atoms with Gasteiger partial charge < -0.3 is 4.57 Å². The number of nitrogens with zero attached hydrogens (tertiary/aromatic N) is 3. The maximum Gasteiger partial charge on any atom is 0.263 e. The Bertz CT molecular complexity index is 1020. The van der Waals surface area contributed by atoms with E-state index in [1.807, 2.05) is 6.07 Å². The van der Waals surface area contributed by atoms with E-state index in [2.05, 4.69) is 14.9 Å². The second-order valence-corrected chi connectivity index (χ2v) is 8.43. The fourth-order valence-corrected chi connectivity index (χ4v) is 4.75. The summed E-state index contributed by atoms with van der Waals surface area (Å²) in [5.41, 5.74) is 0.409. The lowest BCUT2D eigenvalue weighted by molar-refractivity contribution is 0.601. The van der Waals surface area contributed by atoms with Crippen molar-refractivity contribution in [2.75, 3.05) is 4.72 Å². The first-order valence-electron chi connectivity index (χ1n) is 6.96. The predicted molar refractivity (Wildman–Crippen MR) is 98.8 cm³/mol. The van der Waals surface area contributed by atoms with Crippen molar-refractivity contribution in [3.05, 3.63) is 58.8 Å². The number of halogens is 2. The van der Waals surface area contributed by atoms with E-state index in [9.17, 15) is 8.42 Å². The second kappa shape index (κ2) is 7.25. The Morgan fingerprint density at radius 2 is 1.88 bits per heavy atom. The molecule has 1 aromatic heterocycles. The van der Waals surface area contributed by atoms with Crippen molar-refractivity contribution in [3.63, 3.8) is 0 Å². The molecule has 0 aliphatic heterocycles. The van der Waals surface area contributed by atoms with E-state index in [4.69, 9.17) is 23.2 Å².